The van der Waals surface area contributed by atoms with Gasteiger partial charge in [-0.3, -0.25) is 0 Å². The van der Waals surface area contributed by atoms with Gasteiger partial charge in [0, 0.05) is 7.05 Å². The number of urea groups is 1. The zero-order valence-electron chi connectivity index (χ0n) is 10.7. The standard InChI is InChI=1S/C11H13F3N2O4/c1-10(8(17)18,11(12,13)14)15-9(19)16(2)6-7-4-3-5-20-7/h3-5H,6H2,1-2H3,(H,15,19)(H,17,18). The SMILES string of the molecule is CN(Cc1ccco1)C(=O)NC(C)(C(=O)O)C(F)(F)F. The molecule has 0 saturated heterocycles. The third-order valence-electron chi connectivity index (χ3n) is 2.67. The second-order valence-electron chi connectivity index (χ2n) is 4.29. The molecule has 1 aromatic rings. The predicted octanol–water partition coefficient (Wildman–Crippen LogP) is 1.83. The predicted molar refractivity (Wildman–Crippen MR) is 60.8 cm³/mol. The van der Waals surface area contributed by atoms with Crippen LogP contribution in [-0.2, 0) is 11.3 Å². The normalized spacial score (nSPS) is 14.4. The number of amides is 2. The minimum Gasteiger partial charge on any atom is -0.479 e. The summed E-state index contributed by atoms with van der Waals surface area (Å²) in [7, 11) is 1.22. The van der Waals surface area contributed by atoms with Gasteiger partial charge in [-0.1, -0.05) is 0 Å². The van der Waals surface area contributed by atoms with Gasteiger partial charge in [-0.2, -0.15) is 13.2 Å². The quantitative estimate of drug-likeness (QED) is 0.887. The monoisotopic (exact) mass is 294 g/mol. The number of carboxylic acids is 1. The molecule has 0 spiro atoms. The van der Waals surface area contributed by atoms with Crippen LogP contribution in [0.25, 0.3) is 0 Å². The Morgan fingerprint density at radius 3 is 2.45 bits per heavy atom. The van der Waals surface area contributed by atoms with Crippen LogP contribution in [0.3, 0.4) is 0 Å². The summed E-state index contributed by atoms with van der Waals surface area (Å²) in [6.45, 7) is 0.292. The summed E-state index contributed by atoms with van der Waals surface area (Å²) in [4.78, 5) is 23.3. The minimum atomic E-state index is -5.12. The molecule has 9 heteroatoms. The maximum absolute atomic E-state index is 12.7. The Hall–Kier alpha value is -2.19. The molecule has 0 aliphatic heterocycles. The van der Waals surface area contributed by atoms with Crippen molar-refractivity contribution < 1.29 is 32.3 Å². The van der Waals surface area contributed by atoms with Gasteiger partial charge in [0.05, 0.1) is 12.8 Å². The molecule has 0 aromatic carbocycles. The van der Waals surface area contributed by atoms with E-state index in [-0.39, 0.29) is 6.54 Å². The lowest BCUT2D eigenvalue weighted by atomic mass is 10.0. The van der Waals surface area contributed by atoms with Gasteiger partial charge in [-0.05, 0) is 19.1 Å². The zero-order chi connectivity index (χ0) is 15.6. The van der Waals surface area contributed by atoms with Gasteiger partial charge < -0.3 is 19.7 Å². The summed E-state index contributed by atoms with van der Waals surface area (Å²) in [5, 5.41) is 10.1. The summed E-state index contributed by atoms with van der Waals surface area (Å²) in [6.07, 6.45) is -3.78. The summed E-state index contributed by atoms with van der Waals surface area (Å²) < 4.78 is 43.1. The van der Waals surface area contributed by atoms with E-state index in [1.807, 2.05) is 0 Å². The van der Waals surface area contributed by atoms with Crippen molar-refractivity contribution in [2.75, 3.05) is 7.05 Å². The molecule has 20 heavy (non-hydrogen) atoms. The van der Waals surface area contributed by atoms with Crippen molar-refractivity contribution in [1.82, 2.24) is 10.2 Å². The molecule has 6 nitrogen and oxygen atoms in total. The summed E-state index contributed by atoms with van der Waals surface area (Å²) in [6, 6.07) is 1.91. The summed E-state index contributed by atoms with van der Waals surface area (Å²) >= 11 is 0. The first-order chi connectivity index (χ1) is 9.08. The van der Waals surface area contributed by atoms with E-state index in [1.54, 1.807) is 6.07 Å². The number of hydrogen-bond acceptors (Lipinski definition) is 3. The number of nitrogens with one attached hydrogen (secondary N) is 1. The Morgan fingerprint density at radius 2 is 2.05 bits per heavy atom. The molecule has 1 rings (SSSR count). The van der Waals surface area contributed by atoms with Gasteiger partial charge in [0.1, 0.15) is 5.76 Å². The van der Waals surface area contributed by atoms with E-state index in [0.717, 1.165) is 4.90 Å². The number of carboxylic acid groups (broad SMARTS) is 1. The van der Waals surface area contributed by atoms with Gasteiger partial charge >= 0.3 is 18.2 Å². The fourth-order valence-corrected chi connectivity index (χ4v) is 1.26. The Labute approximate surface area is 112 Å². The van der Waals surface area contributed by atoms with E-state index >= 15 is 0 Å². The molecule has 0 bridgehead atoms. The highest BCUT2D eigenvalue weighted by Crippen LogP contribution is 2.30. The lowest BCUT2D eigenvalue weighted by molar-refractivity contribution is -0.203. The number of alkyl halides is 3. The topological polar surface area (TPSA) is 82.8 Å². The van der Waals surface area contributed by atoms with Crippen LogP contribution in [0.5, 0.6) is 0 Å². The highest BCUT2D eigenvalue weighted by molar-refractivity contribution is 5.86. The molecular weight excluding hydrogens is 281 g/mol. The molecule has 2 amide bonds. The molecule has 1 aromatic heterocycles. The molecular formula is C11H13F3N2O4. The van der Waals surface area contributed by atoms with Crippen LogP contribution in [0.2, 0.25) is 0 Å². The molecule has 1 atom stereocenters. The lowest BCUT2D eigenvalue weighted by Crippen LogP contribution is -2.63. The number of hydrogen-bond donors (Lipinski definition) is 2. The van der Waals surface area contributed by atoms with Crippen molar-refractivity contribution in [1.29, 1.82) is 0 Å². The van der Waals surface area contributed by atoms with Crippen LogP contribution < -0.4 is 5.32 Å². The van der Waals surface area contributed by atoms with Crippen LogP contribution in [0.1, 0.15) is 12.7 Å². The average Bonchev–Trinajstić information content (AvgIpc) is 2.79. The number of aliphatic carboxylic acids is 1. The van der Waals surface area contributed by atoms with E-state index in [2.05, 4.69) is 0 Å². The Morgan fingerprint density at radius 1 is 1.45 bits per heavy atom. The molecule has 2 N–H and O–H groups in total. The Balaban J connectivity index is 2.79. The lowest BCUT2D eigenvalue weighted by Gasteiger charge is -2.30. The molecule has 112 valence electrons. The number of halogens is 3. The molecule has 0 aliphatic carbocycles. The fourth-order valence-electron chi connectivity index (χ4n) is 1.26. The van der Waals surface area contributed by atoms with Crippen molar-refractivity contribution in [2.24, 2.45) is 0 Å². The third-order valence-corrected chi connectivity index (χ3v) is 2.67. The van der Waals surface area contributed by atoms with Gasteiger partial charge in [0.2, 0.25) is 5.54 Å². The third kappa shape index (κ3) is 3.22. The second-order valence-corrected chi connectivity index (χ2v) is 4.29. The highest BCUT2D eigenvalue weighted by Gasteiger charge is 2.58. The van der Waals surface area contributed by atoms with Crippen LogP contribution >= 0.6 is 0 Å². The van der Waals surface area contributed by atoms with E-state index in [0.29, 0.717) is 12.7 Å². The van der Waals surface area contributed by atoms with Crippen LogP contribution in [0.15, 0.2) is 22.8 Å². The van der Waals surface area contributed by atoms with Crippen molar-refractivity contribution >= 4 is 12.0 Å². The van der Waals surface area contributed by atoms with E-state index in [4.69, 9.17) is 9.52 Å². The molecule has 0 radical (unpaired) electrons. The van der Waals surface area contributed by atoms with E-state index in [1.165, 1.54) is 24.7 Å². The molecule has 0 aliphatic rings. The fraction of sp³-hybridized carbons (Fsp3) is 0.455. The molecule has 1 unspecified atom stereocenters. The maximum atomic E-state index is 12.7. The molecule has 0 saturated carbocycles. The van der Waals surface area contributed by atoms with Gasteiger partial charge in [-0.15, -0.1) is 0 Å². The first-order valence-electron chi connectivity index (χ1n) is 5.43. The van der Waals surface area contributed by atoms with Crippen molar-refractivity contribution in [3.8, 4) is 0 Å². The minimum absolute atomic E-state index is 0.0909. The first-order valence-corrected chi connectivity index (χ1v) is 5.43. The number of rotatable bonds is 4. The second kappa shape index (κ2) is 5.43. The van der Waals surface area contributed by atoms with Crippen molar-refractivity contribution in [3.05, 3.63) is 24.2 Å². The zero-order valence-corrected chi connectivity index (χ0v) is 10.7. The number of carbonyl (C=O) groups is 2. The largest absolute Gasteiger partial charge is 0.479 e. The van der Waals surface area contributed by atoms with Crippen molar-refractivity contribution in [2.45, 2.75) is 25.2 Å². The maximum Gasteiger partial charge on any atom is 0.422 e. The van der Waals surface area contributed by atoms with Gasteiger partial charge in [0.15, 0.2) is 0 Å². The van der Waals surface area contributed by atoms with Crippen LogP contribution in [-0.4, -0.2) is 40.8 Å². The summed E-state index contributed by atoms with van der Waals surface area (Å²) in [5.41, 5.74) is -3.36. The Bertz CT molecular complexity index is 486. The van der Waals surface area contributed by atoms with E-state index < -0.39 is 23.7 Å². The van der Waals surface area contributed by atoms with Crippen molar-refractivity contribution in [3.63, 3.8) is 0 Å². The summed E-state index contributed by atoms with van der Waals surface area (Å²) in [5.74, 6) is -1.84. The number of furan rings is 1. The first kappa shape index (κ1) is 15.9. The number of carbonyl (C=O) groups excluding carboxylic acids is 1. The van der Waals surface area contributed by atoms with Gasteiger partial charge in [-0.25, -0.2) is 9.59 Å². The van der Waals surface area contributed by atoms with Gasteiger partial charge in [0.25, 0.3) is 0 Å². The molecule has 0 fully saturated rings. The Kier molecular flexibility index (Phi) is 4.31. The average molecular weight is 294 g/mol. The highest BCUT2D eigenvalue weighted by atomic mass is 19.4. The molecule has 1 heterocycles. The number of nitrogens with zero attached hydrogens (tertiary/aromatic N) is 1. The van der Waals surface area contributed by atoms with Crippen LogP contribution in [0, 0.1) is 0 Å². The smallest absolute Gasteiger partial charge is 0.422 e. The van der Waals surface area contributed by atoms with Crippen LogP contribution in [0.4, 0.5) is 18.0 Å². The van der Waals surface area contributed by atoms with E-state index in [9.17, 15) is 22.8 Å².